The van der Waals surface area contributed by atoms with Gasteiger partial charge in [0.2, 0.25) is 0 Å². The van der Waals surface area contributed by atoms with Gasteiger partial charge in [-0.2, -0.15) is 0 Å². The van der Waals surface area contributed by atoms with Crippen LogP contribution in [0.1, 0.15) is 17.2 Å². The van der Waals surface area contributed by atoms with Crippen molar-refractivity contribution in [2.24, 2.45) is 0 Å². The molecule has 0 aromatic heterocycles. The second kappa shape index (κ2) is 6.14. The second-order valence-electron chi connectivity index (χ2n) is 4.92. The Bertz CT molecular complexity index is 656. The molecule has 2 N–H and O–H groups in total. The summed E-state index contributed by atoms with van der Waals surface area (Å²) in [5.74, 6) is 0.259. The SMILES string of the molecule is Oc1ccccc1NC(c1ccccc1)c1ccccc1. The minimum Gasteiger partial charge on any atom is -0.506 e. The van der Waals surface area contributed by atoms with Crippen LogP contribution in [0.15, 0.2) is 84.9 Å². The van der Waals surface area contributed by atoms with Crippen LogP contribution in [0.25, 0.3) is 0 Å². The molecule has 0 aliphatic carbocycles. The Kier molecular flexibility index (Phi) is 3.88. The molecule has 0 heterocycles. The monoisotopic (exact) mass is 275 g/mol. The summed E-state index contributed by atoms with van der Waals surface area (Å²) in [6.45, 7) is 0. The van der Waals surface area contributed by atoms with E-state index in [2.05, 4.69) is 29.6 Å². The van der Waals surface area contributed by atoms with Crippen molar-refractivity contribution in [1.82, 2.24) is 0 Å². The summed E-state index contributed by atoms with van der Waals surface area (Å²) in [5.41, 5.74) is 3.05. The molecule has 0 saturated carbocycles. The Hall–Kier alpha value is -2.74. The van der Waals surface area contributed by atoms with Gasteiger partial charge in [0.15, 0.2) is 0 Å². The molecule has 0 aliphatic heterocycles. The van der Waals surface area contributed by atoms with Gasteiger partial charge in [-0.1, -0.05) is 72.8 Å². The average Bonchev–Trinajstić information content (AvgIpc) is 2.56. The lowest BCUT2D eigenvalue weighted by molar-refractivity contribution is 0.477. The molecule has 0 fully saturated rings. The number of benzene rings is 3. The molecule has 104 valence electrons. The van der Waals surface area contributed by atoms with E-state index in [0.29, 0.717) is 0 Å². The molecule has 0 spiro atoms. The highest BCUT2D eigenvalue weighted by molar-refractivity contribution is 5.58. The molecule has 2 nitrogen and oxygen atoms in total. The summed E-state index contributed by atoms with van der Waals surface area (Å²) in [6.07, 6.45) is 0. The molecule has 3 aromatic carbocycles. The fourth-order valence-corrected chi connectivity index (χ4v) is 2.40. The normalized spacial score (nSPS) is 10.5. The van der Waals surface area contributed by atoms with Crippen LogP contribution in [0.2, 0.25) is 0 Å². The minimum atomic E-state index is 0.000648. The summed E-state index contributed by atoms with van der Waals surface area (Å²) >= 11 is 0. The summed E-state index contributed by atoms with van der Waals surface area (Å²) < 4.78 is 0. The van der Waals surface area contributed by atoms with Crippen LogP contribution in [-0.2, 0) is 0 Å². The van der Waals surface area contributed by atoms with E-state index in [0.717, 1.165) is 16.8 Å². The van der Waals surface area contributed by atoms with Gasteiger partial charge in [0.25, 0.3) is 0 Å². The van der Waals surface area contributed by atoms with E-state index in [-0.39, 0.29) is 11.8 Å². The lowest BCUT2D eigenvalue weighted by Gasteiger charge is -2.21. The van der Waals surface area contributed by atoms with Crippen LogP contribution in [0.5, 0.6) is 5.75 Å². The molecule has 3 aromatic rings. The van der Waals surface area contributed by atoms with Crippen LogP contribution < -0.4 is 5.32 Å². The molecule has 0 amide bonds. The van der Waals surface area contributed by atoms with E-state index in [1.165, 1.54) is 0 Å². The largest absolute Gasteiger partial charge is 0.506 e. The van der Waals surface area contributed by atoms with Crippen molar-refractivity contribution in [3.05, 3.63) is 96.1 Å². The Morgan fingerprint density at radius 2 is 1.10 bits per heavy atom. The van der Waals surface area contributed by atoms with Gasteiger partial charge in [-0.15, -0.1) is 0 Å². The molecular weight excluding hydrogens is 258 g/mol. The van der Waals surface area contributed by atoms with Gasteiger partial charge in [-0.25, -0.2) is 0 Å². The summed E-state index contributed by atoms with van der Waals surface area (Å²) in [7, 11) is 0. The topological polar surface area (TPSA) is 32.3 Å². The van der Waals surface area contributed by atoms with E-state index in [4.69, 9.17) is 0 Å². The quantitative estimate of drug-likeness (QED) is 0.682. The van der Waals surface area contributed by atoms with Crippen LogP contribution >= 0.6 is 0 Å². The number of para-hydroxylation sites is 2. The van der Waals surface area contributed by atoms with Crippen molar-refractivity contribution in [2.45, 2.75) is 6.04 Å². The highest BCUT2D eigenvalue weighted by atomic mass is 16.3. The van der Waals surface area contributed by atoms with Crippen molar-refractivity contribution in [2.75, 3.05) is 5.32 Å². The molecule has 0 unspecified atom stereocenters. The Balaban J connectivity index is 1.99. The van der Waals surface area contributed by atoms with Gasteiger partial charge in [0.05, 0.1) is 11.7 Å². The van der Waals surface area contributed by atoms with Gasteiger partial charge in [0.1, 0.15) is 5.75 Å². The van der Waals surface area contributed by atoms with E-state index >= 15 is 0 Å². The first-order valence-electron chi connectivity index (χ1n) is 6.99. The maximum atomic E-state index is 9.99. The minimum absolute atomic E-state index is 0.000648. The molecule has 2 heteroatoms. The molecular formula is C19H17NO. The van der Waals surface area contributed by atoms with Crippen molar-refractivity contribution in [1.29, 1.82) is 0 Å². The van der Waals surface area contributed by atoms with E-state index < -0.39 is 0 Å². The second-order valence-corrected chi connectivity index (χ2v) is 4.92. The van der Waals surface area contributed by atoms with Crippen molar-refractivity contribution < 1.29 is 5.11 Å². The van der Waals surface area contributed by atoms with Crippen LogP contribution in [-0.4, -0.2) is 5.11 Å². The van der Waals surface area contributed by atoms with Gasteiger partial charge >= 0.3 is 0 Å². The lowest BCUT2D eigenvalue weighted by atomic mass is 9.98. The fourth-order valence-electron chi connectivity index (χ4n) is 2.40. The van der Waals surface area contributed by atoms with E-state index in [9.17, 15) is 5.11 Å². The van der Waals surface area contributed by atoms with Crippen molar-refractivity contribution >= 4 is 5.69 Å². The number of phenolic OH excluding ortho intramolecular Hbond substituents is 1. The first kappa shape index (κ1) is 13.3. The molecule has 21 heavy (non-hydrogen) atoms. The van der Waals surface area contributed by atoms with Crippen LogP contribution in [0.4, 0.5) is 5.69 Å². The number of hydrogen-bond acceptors (Lipinski definition) is 2. The highest BCUT2D eigenvalue weighted by Crippen LogP contribution is 2.30. The summed E-state index contributed by atoms with van der Waals surface area (Å²) in [4.78, 5) is 0. The third-order valence-electron chi connectivity index (χ3n) is 3.47. The van der Waals surface area contributed by atoms with Crippen LogP contribution in [0.3, 0.4) is 0 Å². The first-order chi connectivity index (χ1) is 10.3. The van der Waals surface area contributed by atoms with Crippen molar-refractivity contribution in [3.63, 3.8) is 0 Å². The average molecular weight is 275 g/mol. The van der Waals surface area contributed by atoms with Crippen molar-refractivity contribution in [3.8, 4) is 5.75 Å². The third kappa shape index (κ3) is 3.06. The Morgan fingerprint density at radius 1 is 0.619 bits per heavy atom. The van der Waals surface area contributed by atoms with E-state index in [1.54, 1.807) is 6.07 Å². The number of rotatable bonds is 4. The van der Waals surface area contributed by atoms with Crippen LogP contribution in [0, 0.1) is 0 Å². The predicted octanol–water partition coefficient (Wildman–Crippen LogP) is 4.59. The van der Waals surface area contributed by atoms with Gasteiger partial charge in [-0.05, 0) is 23.3 Å². The smallest absolute Gasteiger partial charge is 0.138 e. The fraction of sp³-hybridized carbons (Fsp3) is 0.0526. The molecule has 0 aliphatic rings. The predicted molar refractivity (Wildman–Crippen MR) is 86.5 cm³/mol. The van der Waals surface area contributed by atoms with Gasteiger partial charge in [0, 0.05) is 0 Å². The summed E-state index contributed by atoms with van der Waals surface area (Å²) in [5, 5.41) is 13.4. The summed E-state index contributed by atoms with van der Waals surface area (Å²) in [6, 6.07) is 27.8. The van der Waals surface area contributed by atoms with Gasteiger partial charge < -0.3 is 10.4 Å². The molecule has 0 atom stereocenters. The molecule has 0 radical (unpaired) electrons. The number of anilines is 1. The van der Waals surface area contributed by atoms with E-state index in [1.807, 2.05) is 54.6 Å². The maximum Gasteiger partial charge on any atom is 0.138 e. The number of nitrogens with one attached hydrogen (secondary N) is 1. The number of aromatic hydroxyl groups is 1. The number of hydrogen-bond donors (Lipinski definition) is 2. The maximum absolute atomic E-state index is 9.99. The zero-order chi connectivity index (χ0) is 14.5. The molecule has 0 bridgehead atoms. The number of phenols is 1. The Labute approximate surface area is 124 Å². The lowest BCUT2D eigenvalue weighted by Crippen LogP contribution is -2.12. The highest BCUT2D eigenvalue weighted by Gasteiger charge is 2.14. The first-order valence-corrected chi connectivity index (χ1v) is 6.99. The zero-order valence-corrected chi connectivity index (χ0v) is 11.6. The van der Waals surface area contributed by atoms with Gasteiger partial charge in [-0.3, -0.25) is 0 Å². The Morgan fingerprint density at radius 3 is 1.62 bits per heavy atom. The third-order valence-corrected chi connectivity index (χ3v) is 3.47. The molecule has 3 rings (SSSR count). The molecule has 0 saturated heterocycles. The standard InChI is InChI=1S/C19H17NO/c21-18-14-8-7-13-17(18)20-19(15-9-3-1-4-10-15)16-11-5-2-6-12-16/h1-14,19-21H. The zero-order valence-electron chi connectivity index (χ0n) is 11.6.